The van der Waals surface area contributed by atoms with Crippen LogP contribution < -0.4 is 10.5 Å². The lowest BCUT2D eigenvalue weighted by molar-refractivity contribution is -0.123. The molecule has 2 aliphatic rings. The number of rotatable bonds is 8. The Hall–Kier alpha value is -3.41. The second-order valence-corrected chi connectivity index (χ2v) is 11.0. The highest BCUT2D eigenvalue weighted by Crippen LogP contribution is 2.31. The number of aliphatic imine (C=N–C) groups is 1. The van der Waals surface area contributed by atoms with Crippen molar-refractivity contribution in [2.45, 2.75) is 64.8 Å². The van der Waals surface area contributed by atoms with E-state index < -0.39 is 5.54 Å². The Morgan fingerprint density at radius 2 is 1.73 bits per heavy atom. The number of nitrogens with zero attached hydrogens (tertiary/aromatic N) is 2. The molecule has 2 aromatic rings. The summed E-state index contributed by atoms with van der Waals surface area (Å²) in [6, 6.07) is 17.0. The number of allylic oxidation sites excluding steroid dienone is 1. The molecule has 2 aromatic carbocycles. The molecule has 0 bridgehead atoms. The predicted octanol–water partition coefficient (Wildman–Crippen LogP) is 6.17. The number of Topliss-reactive ketones (excluding diaryl/α,β-unsaturated/α-hetero) is 1. The van der Waals surface area contributed by atoms with E-state index in [9.17, 15) is 9.59 Å². The predicted molar refractivity (Wildman–Crippen MR) is 148 cm³/mol. The highest BCUT2D eigenvalue weighted by Gasteiger charge is 2.35. The Bertz CT molecular complexity index is 1150. The average molecular weight is 502 g/mol. The molecular weight excluding hydrogens is 462 g/mol. The molecular formula is C31H39N3O3. The first-order valence-corrected chi connectivity index (χ1v) is 13.4. The molecule has 2 heterocycles. The van der Waals surface area contributed by atoms with Crippen molar-refractivity contribution in [2.24, 2.45) is 22.6 Å². The van der Waals surface area contributed by atoms with Crippen LogP contribution >= 0.6 is 0 Å². The lowest BCUT2D eigenvalue weighted by atomic mass is 9.83. The molecule has 6 nitrogen and oxygen atoms in total. The van der Waals surface area contributed by atoms with Crippen LogP contribution in [-0.2, 0) is 4.79 Å². The first-order valence-electron chi connectivity index (χ1n) is 13.4. The third-order valence-electron chi connectivity index (χ3n) is 7.38. The average Bonchev–Trinajstić information content (AvgIpc) is 2.97. The van der Waals surface area contributed by atoms with E-state index in [1.807, 2.05) is 72.5 Å². The van der Waals surface area contributed by atoms with Gasteiger partial charge in [-0.2, -0.15) is 0 Å². The maximum Gasteiger partial charge on any atom is 0.253 e. The number of piperidine rings is 1. The van der Waals surface area contributed by atoms with Crippen LogP contribution in [0.25, 0.3) is 0 Å². The second-order valence-electron chi connectivity index (χ2n) is 11.0. The fraction of sp³-hybridized carbons (Fsp3) is 0.452. The van der Waals surface area contributed by atoms with E-state index in [0.717, 1.165) is 50.1 Å². The SMILES string of the molecule is CC(C)CC1(C)N=C(N)C=C(CCC2CCN(C(=O)c3ccc(Oc4ccccc4)cc3)CC2)CC1=O. The fourth-order valence-electron chi connectivity index (χ4n) is 5.44. The number of likely N-dealkylation sites (tertiary alicyclic amines) is 1. The molecule has 2 aliphatic heterocycles. The number of hydrogen-bond acceptors (Lipinski definition) is 5. The molecule has 2 N–H and O–H groups in total. The van der Waals surface area contributed by atoms with Crippen molar-refractivity contribution >= 4 is 17.5 Å². The third-order valence-corrected chi connectivity index (χ3v) is 7.38. The summed E-state index contributed by atoms with van der Waals surface area (Å²) < 4.78 is 5.83. The van der Waals surface area contributed by atoms with Gasteiger partial charge >= 0.3 is 0 Å². The smallest absolute Gasteiger partial charge is 0.253 e. The third kappa shape index (κ3) is 7.09. The Kier molecular flexibility index (Phi) is 8.47. The van der Waals surface area contributed by atoms with Gasteiger partial charge in [0.2, 0.25) is 0 Å². The van der Waals surface area contributed by atoms with Crippen molar-refractivity contribution in [2.75, 3.05) is 13.1 Å². The van der Waals surface area contributed by atoms with Gasteiger partial charge in [-0.15, -0.1) is 0 Å². The Morgan fingerprint density at radius 1 is 1.08 bits per heavy atom. The van der Waals surface area contributed by atoms with Crippen LogP contribution in [0.3, 0.4) is 0 Å². The molecule has 1 saturated heterocycles. The topological polar surface area (TPSA) is 85.0 Å². The normalized spacial score (nSPS) is 20.9. The number of ether oxygens (including phenoxy) is 1. The van der Waals surface area contributed by atoms with E-state index in [1.165, 1.54) is 0 Å². The molecule has 0 radical (unpaired) electrons. The summed E-state index contributed by atoms with van der Waals surface area (Å²) in [7, 11) is 0. The van der Waals surface area contributed by atoms with Crippen LogP contribution in [0.15, 0.2) is 71.2 Å². The van der Waals surface area contributed by atoms with Crippen LogP contribution in [0.2, 0.25) is 0 Å². The number of amides is 1. The van der Waals surface area contributed by atoms with Gasteiger partial charge in [-0.05, 0) is 93.3 Å². The van der Waals surface area contributed by atoms with Crippen molar-refractivity contribution in [1.82, 2.24) is 4.90 Å². The minimum absolute atomic E-state index is 0.0650. The highest BCUT2D eigenvalue weighted by atomic mass is 16.5. The summed E-state index contributed by atoms with van der Waals surface area (Å²) in [4.78, 5) is 32.5. The van der Waals surface area contributed by atoms with Gasteiger partial charge in [-0.1, -0.05) is 37.6 Å². The van der Waals surface area contributed by atoms with Gasteiger partial charge in [-0.25, -0.2) is 0 Å². The summed E-state index contributed by atoms with van der Waals surface area (Å²) in [6.45, 7) is 7.63. The molecule has 0 saturated carbocycles. The molecule has 1 amide bonds. The van der Waals surface area contributed by atoms with E-state index in [2.05, 4.69) is 18.8 Å². The summed E-state index contributed by atoms with van der Waals surface area (Å²) in [5, 5.41) is 0. The molecule has 4 rings (SSSR count). The van der Waals surface area contributed by atoms with Crippen molar-refractivity contribution in [1.29, 1.82) is 0 Å². The van der Waals surface area contributed by atoms with Crippen molar-refractivity contribution in [3.63, 3.8) is 0 Å². The maximum absolute atomic E-state index is 13.0. The van der Waals surface area contributed by atoms with E-state index in [4.69, 9.17) is 10.5 Å². The molecule has 1 fully saturated rings. The van der Waals surface area contributed by atoms with E-state index in [0.29, 0.717) is 41.8 Å². The first-order chi connectivity index (χ1) is 17.7. The van der Waals surface area contributed by atoms with Crippen LogP contribution in [0.4, 0.5) is 0 Å². The molecule has 196 valence electrons. The standard InChI is InChI=1S/C31H39N3O3/c1-22(2)21-31(3)28(35)19-24(20-29(32)33-31)10-9-23-15-17-34(18-16-23)30(36)25-11-13-27(14-12-25)37-26-7-5-4-6-8-26/h4-8,11-14,20,22-23H,9-10,15-19,21H2,1-3H3,(H2,32,33). The number of benzene rings is 2. The molecule has 0 spiro atoms. The highest BCUT2D eigenvalue weighted by molar-refractivity contribution is 6.00. The zero-order valence-corrected chi connectivity index (χ0v) is 22.3. The van der Waals surface area contributed by atoms with E-state index in [1.54, 1.807) is 0 Å². The number of para-hydroxylation sites is 1. The zero-order valence-electron chi connectivity index (χ0n) is 22.3. The molecule has 0 aliphatic carbocycles. The van der Waals surface area contributed by atoms with E-state index >= 15 is 0 Å². The fourth-order valence-corrected chi connectivity index (χ4v) is 5.44. The monoisotopic (exact) mass is 501 g/mol. The first kappa shape index (κ1) is 26.6. The largest absolute Gasteiger partial charge is 0.457 e. The van der Waals surface area contributed by atoms with Crippen molar-refractivity contribution in [3.05, 3.63) is 71.8 Å². The van der Waals surface area contributed by atoms with E-state index in [-0.39, 0.29) is 11.7 Å². The number of amidine groups is 1. The van der Waals surface area contributed by atoms with Crippen LogP contribution in [0.5, 0.6) is 11.5 Å². The molecule has 6 heteroatoms. The minimum atomic E-state index is -0.728. The van der Waals surface area contributed by atoms with Crippen LogP contribution in [-0.4, -0.2) is 41.1 Å². The molecule has 0 aromatic heterocycles. The molecule has 37 heavy (non-hydrogen) atoms. The van der Waals surface area contributed by atoms with Crippen molar-refractivity contribution < 1.29 is 14.3 Å². The number of ketones is 1. The van der Waals surface area contributed by atoms with Gasteiger partial charge in [0.05, 0.1) is 0 Å². The Morgan fingerprint density at radius 3 is 2.38 bits per heavy atom. The lowest BCUT2D eigenvalue weighted by Gasteiger charge is -2.32. The zero-order chi connectivity index (χ0) is 26.4. The molecule has 1 atom stereocenters. The number of carbonyl (C=O) groups is 2. The van der Waals surface area contributed by atoms with Gasteiger partial charge in [0, 0.05) is 25.1 Å². The Labute approximate surface area is 220 Å². The minimum Gasteiger partial charge on any atom is -0.457 e. The van der Waals surface area contributed by atoms with Gasteiger partial charge in [0.1, 0.15) is 22.9 Å². The maximum atomic E-state index is 13.0. The Balaban J connectivity index is 1.25. The van der Waals surface area contributed by atoms with Gasteiger partial charge < -0.3 is 15.4 Å². The molecule has 1 unspecified atom stereocenters. The van der Waals surface area contributed by atoms with Crippen molar-refractivity contribution in [3.8, 4) is 11.5 Å². The van der Waals surface area contributed by atoms with Crippen LogP contribution in [0, 0.1) is 11.8 Å². The number of nitrogens with two attached hydrogens (primary N) is 1. The summed E-state index contributed by atoms with van der Waals surface area (Å²) in [5.74, 6) is 3.08. The number of hydrogen-bond donors (Lipinski definition) is 1. The van der Waals surface area contributed by atoms with Crippen LogP contribution in [0.1, 0.15) is 69.7 Å². The second kappa shape index (κ2) is 11.8. The van der Waals surface area contributed by atoms with Gasteiger partial charge in [0.15, 0.2) is 5.78 Å². The summed E-state index contributed by atoms with van der Waals surface area (Å²) in [5.41, 5.74) is 7.20. The quantitative estimate of drug-likeness (QED) is 0.469. The number of carbonyl (C=O) groups excluding carboxylic acids is 2. The summed E-state index contributed by atoms with van der Waals surface area (Å²) >= 11 is 0. The lowest BCUT2D eigenvalue weighted by Crippen LogP contribution is -2.38. The van der Waals surface area contributed by atoms with Gasteiger partial charge in [-0.3, -0.25) is 14.6 Å². The summed E-state index contributed by atoms with van der Waals surface area (Å²) in [6.07, 6.45) is 6.83. The van der Waals surface area contributed by atoms with Gasteiger partial charge in [0.25, 0.3) is 5.91 Å².